The number of aliphatic carboxylic acids is 1. The van der Waals surface area contributed by atoms with Crippen LogP contribution >= 0.6 is 11.8 Å². The minimum absolute atomic E-state index is 0.00351. The topological polar surface area (TPSA) is 77.8 Å². The zero-order valence-corrected chi connectivity index (χ0v) is 8.46. The van der Waals surface area contributed by atoms with Crippen molar-refractivity contribution in [3.63, 3.8) is 0 Å². The molecule has 0 bridgehead atoms. The number of carbonyl (C=O) groups is 1. The molecule has 0 aliphatic rings. The van der Waals surface area contributed by atoms with Crippen LogP contribution < -0.4 is 0 Å². The fraction of sp³-hybridized carbons (Fsp3) is 0.875. The van der Waals surface area contributed by atoms with E-state index in [4.69, 9.17) is 15.3 Å². The molecule has 3 N–H and O–H groups in total. The van der Waals surface area contributed by atoms with Gasteiger partial charge in [0.25, 0.3) is 0 Å². The lowest BCUT2D eigenvalue weighted by molar-refractivity contribution is -0.136. The van der Waals surface area contributed by atoms with E-state index in [9.17, 15) is 4.79 Å². The third kappa shape index (κ3) is 6.86. The highest BCUT2D eigenvalue weighted by atomic mass is 32.2. The lowest BCUT2D eigenvalue weighted by Crippen LogP contribution is -2.23. The highest BCUT2D eigenvalue weighted by molar-refractivity contribution is 7.99. The molecule has 0 spiro atoms. The van der Waals surface area contributed by atoms with Gasteiger partial charge < -0.3 is 15.3 Å². The van der Waals surface area contributed by atoms with E-state index < -0.39 is 12.1 Å². The summed E-state index contributed by atoms with van der Waals surface area (Å²) in [6.45, 7) is 1.59. The van der Waals surface area contributed by atoms with Crippen molar-refractivity contribution < 1.29 is 20.1 Å². The molecule has 0 aromatic carbocycles. The predicted octanol–water partition coefficient (Wildman–Crippen LogP) is 0.184. The summed E-state index contributed by atoms with van der Waals surface area (Å²) in [5.74, 6) is 0.430. The second-order valence-electron chi connectivity index (χ2n) is 2.95. The lowest BCUT2D eigenvalue weighted by atomic mass is 10.1. The number of carboxylic acid groups (broad SMARTS) is 1. The van der Waals surface area contributed by atoms with E-state index in [-0.39, 0.29) is 18.9 Å². The van der Waals surface area contributed by atoms with Crippen molar-refractivity contribution in [2.24, 2.45) is 5.92 Å². The van der Waals surface area contributed by atoms with Gasteiger partial charge in [-0.15, -0.1) is 0 Å². The second kappa shape index (κ2) is 7.17. The molecule has 0 radical (unpaired) electrons. The van der Waals surface area contributed by atoms with Crippen LogP contribution in [0.4, 0.5) is 0 Å². The van der Waals surface area contributed by atoms with Crippen molar-refractivity contribution in [3.8, 4) is 0 Å². The number of hydrogen-bond acceptors (Lipinski definition) is 4. The predicted molar refractivity (Wildman–Crippen MR) is 51.8 cm³/mol. The van der Waals surface area contributed by atoms with Gasteiger partial charge in [0.2, 0.25) is 0 Å². The molecule has 78 valence electrons. The second-order valence-corrected chi connectivity index (χ2v) is 4.10. The van der Waals surface area contributed by atoms with Gasteiger partial charge in [0.1, 0.15) is 0 Å². The van der Waals surface area contributed by atoms with Gasteiger partial charge in [0.15, 0.2) is 0 Å². The minimum atomic E-state index is -0.803. The van der Waals surface area contributed by atoms with Crippen LogP contribution in [-0.4, -0.2) is 45.5 Å². The molecule has 2 unspecified atom stereocenters. The fourth-order valence-corrected chi connectivity index (χ4v) is 1.80. The fourth-order valence-electron chi connectivity index (χ4n) is 0.720. The highest BCUT2D eigenvalue weighted by Crippen LogP contribution is 2.12. The Kier molecular flexibility index (Phi) is 7.03. The van der Waals surface area contributed by atoms with Crippen LogP contribution in [0.3, 0.4) is 0 Å². The maximum Gasteiger partial charge on any atom is 0.304 e. The molecule has 0 saturated heterocycles. The molecular formula is C8H16O4S. The van der Waals surface area contributed by atoms with E-state index in [1.807, 2.05) is 6.92 Å². The van der Waals surface area contributed by atoms with E-state index in [0.29, 0.717) is 11.5 Å². The van der Waals surface area contributed by atoms with Crippen LogP contribution in [0.2, 0.25) is 0 Å². The van der Waals surface area contributed by atoms with Crippen LogP contribution in [0.1, 0.15) is 13.3 Å². The van der Waals surface area contributed by atoms with E-state index in [1.54, 1.807) is 0 Å². The number of hydrogen-bond donors (Lipinski definition) is 3. The molecule has 5 heteroatoms. The molecule has 2 atom stereocenters. The third-order valence-electron chi connectivity index (χ3n) is 1.68. The van der Waals surface area contributed by atoms with Crippen molar-refractivity contribution >= 4 is 17.7 Å². The Bertz CT molecular complexity index is 151. The van der Waals surface area contributed by atoms with Gasteiger partial charge in [0.05, 0.1) is 19.1 Å². The zero-order chi connectivity index (χ0) is 10.3. The first kappa shape index (κ1) is 12.7. The first-order valence-electron chi connectivity index (χ1n) is 4.16. The summed E-state index contributed by atoms with van der Waals surface area (Å²) < 4.78 is 0. The number of aliphatic hydroxyl groups is 2. The van der Waals surface area contributed by atoms with E-state index in [1.165, 1.54) is 11.8 Å². The Hall–Kier alpha value is -0.260. The van der Waals surface area contributed by atoms with Gasteiger partial charge in [-0.25, -0.2) is 0 Å². The van der Waals surface area contributed by atoms with Gasteiger partial charge in [0, 0.05) is 5.75 Å². The molecule has 0 fully saturated rings. The zero-order valence-electron chi connectivity index (χ0n) is 7.64. The van der Waals surface area contributed by atoms with Gasteiger partial charge in [-0.2, -0.15) is 11.8 Å². The normalized spacial score (nSPS) is 15.3. The molecule has 0 amide bonds. The molecular weight excluding hydrogens is 192 g/mol. The summed E-state index contributed by atoms with van der Waals surface area (Å²) in [5, 5.41) is 26.1. The maximum atomic E-state index is 10.1. The number of aliphatic hydroxyl groups excluding tert-OH is 2. The Morgan fingerprint density at radius 3 is 2.62 bits per heavy atom. The Balaban J connectivity index is 3.36. The molecule has 0 saturated carbocycles. The average molecular weight is 208 g/mol. The molecule has 0 aromatic rings. The quantitative estimate of drug-likeness (QED) is 0.520. The van der Waals surface area contributed by atoms with Crippen LogP contribution in [0.15, 0.2) is 0 Å². The van der Waals surface area contributed by atoms with Gasteiger partial charge >= 0.3 is 5.97 Å². The van der Waals surface area contributed by atoms with Gasteiger partial charge in [-0.3, -0.25) is 4.79 Å². The van der Waals surface area contributed by atoms with Gasteiger partial charge in [-0.1, -0.05) is 6.92 Å². The van der Waals surface area contributed by atoms with Crippen LogP contribution in [0.5, 0.6) is 0 Å². The van der Waals surface area contributed by atoms with Crippen molar-refractivity contribution in [1.29, 1.82) is 0 Å². The molecule has 0 aliphatic carbocycles. The molecule has 4 nitrogen and oxygen atoms in total. The number of carboxylic acids is 1. The Morgan fingerprint density at radius 1 is 1.54 bits per heavy atom. The molecule has 0 heterocycles. The third-order valence-corrected chi connectivity index (χ3v) is 2.94. The van der Waals surface area contributed by atoms with Crippen molar-refractivity contribution in [3.05, 3.63) is 0 Å². The number of thioether (sulfide) groups is 1. The summed E-state index contributed by atoms with van der Waals surface area (Å²) in [6.07, 6.45) is -0.551. The SMILES string of the molecule is CC(CSCCC(=O)O)C(O)CO. The minimum Gasteiger partial charge on any atom is -0.481 e. The first-order chi connectivity index (χ1) is 6.07. The Morgan fingerprint density at radius 2 is 2.15 bits per heavy atom. The summed E-state index contributed by atoms with van der Waals surface area (Å²) in [7, 11) is 0. The van der Waals surface area contributed by atoms with E-state index in [2.05, 4.69) is 0 Å². The largest absolute Gasteiger partial charge is 0.481 e. The summed E-state index contributed by atoms with van der Waals surface area (Å²) in [5.41, 5.74) is 0. The summed E-state index contributed by atoms with van der Waals surface area (Å²) in [6, 6.07) is 0. The highest BCUT2D eigenvalue weighted by Gasteiger charge is 2.12. The summed E-state index contributed by atoms with van der Waals surface area (Å²) in [4.78, 5) is 10.1. The van der Waals surface area contributed by atoms with E-state index >= 15 is 0 Å². The smallest absolute Gasteiger partial charge is 0.304 e. The first-order valence-corrected chi connectivity index (χ1v) is 5.31. The van der Waals surface area contributed by atoms with Crippen molar-refractivity contribution in [2.75, 3.05) is 18.1 Å². The maximum absolute atomic E-state index is 10.1. The molecule has 0 rings (SSSR count). The van der Waals surface area contributed by atoms with Crippen molar-refractivity contribution in [1.82, 2.24) is 0 Å². The monoisotopic (exact) mass is 208 g/mol. The summed E-state index contributed by atoms with van der Waals surface area (Å²) >= 11 is 1.48. The molecule has 0 aromatic heterocycles. The lowest BCUT2D eigenvalue weighted by Gasteiger charge is -2.15. The van der Waals surface area contributed by atoms with Crippen LogP contribution in [0, 0.1) is 5.92 Å². The Labute approximate surface area is 82.0 Å². The van der Waals surface area contributed by atoms with Crippen LogP contribution in [-0.2, 0) is 4.79 Å². The molecule has 13 heavy (non-hydrogen) atoms. The molecule has 0 aliphatic heterocycles. The standard InChI is InChI=1S/C8H16O4S/c1-6(7(10)4-9)5-13-3-2-8(11)12/h6-7,9-10H,2-5H2,1H3,(H,11,12). The van der Waals surface area contributed by atoms with E-state index in [0.717, 1.165) is 0 Å². The average Bonchev–Trinajstić information content (AvgIpc) is 2.10. The van der Waals surface area contributed by atoms with Crippen molar-refractivity contribution in [2.45, 2.75) is 19.4 Å². The van der Waals surface area contributed by atoms with Crippen LogP contribution in [0.25, 0.3) is 0 Å². The van der Waals surface area contributed by atoms with Gasteiger partial charge in [-0.05, 0) is 11.7 Å². The number of rotatable bonds is 7.